The predicted octanol–water partition coefficient (Wildman–Crippen LogP) is 4.63. The molecular formula is C14H17Br2N3. The van der Waals surface area contributed by atoms with E-state index in [1.54, 1.807) is 12.7 Å². The summed E-state index contributed by atoms with van der Waals surface area (Å²) in [6.45, 7) is 5.36. The van der Waals surface area contributed by atoms with Crippen LogP contribution < -0.4 is 0 Å². The Morgan fingerprint density at radius 3 is 2.63 bits per heavy atom. The van der Waals surface area contributed by atoms with Gasteiger partial charge in [-0.05, 0) is 30.0 Å². The Labute approximate surface area is 130 Å². The van der Waals surface area contributed by atoms with Crippen LogP contribution in [0.2, 0.25) is 0 Å². The number of benzene rings is 1. The standard InChI is InChI=1S/C14H17Br2N3/c1-10(2)5-11(7-19-9-17-8-18-19)13-4-3-12(15)6-14(13)16/h3-4,6,8-11H,5,7H2,1-2H3. The van der Waals surface area contributed by atoms with Gasteiger partial charge in [-0.1, -0.05) is 51.8 Å². The number of aromatic nitrogens is 3. The molecule has 5 heteroatoms. The lowest BCUT2D eigenvalue weighted by Gasteiger charge is -2.21. The maximum Gasteiger partial charge on any atom is 0.137 e. The number of rotatable bonds is 5. The average molecular weight is 387 g/mol. The monoisotopic (exact) mass is 385 g/mol. The van der Waals surface area contributed by atoms with Gasteiger partial charge < -0.3 is 0 Å². The molecule has 2 rings (SSSR count). The second kappa shape index (κ2) is 6.66. The van der Waals surface area contributed by atoms with E-state index in [0.717, 1.165) is 21.9 Å². The van der Waals surface area contributed by atoms with Crippen LogP contribution in [0.4, 0.5) is 0 Å². The van der Waals surface area contributed by atoms with Crippen LogP contribution in [0.1, 0.15) is 31.7 Å². The first-order chi connectivity index (χ1) is 9.06. The molecule has 0 saturated carbocycles. The summed E-state index contributed by atoms with van der Waals surface area (Å²) >= 11 is 7.17. The highest BCUT2D eigenvalue weighted by molar-refractivity contribution is 9.11. The van der Waals surface area contributed by atoms with Crippen molar-refractivity contribution in [1.82, 2.24) is 14.8 Å². The van der Waals surface area contributed by atoms with Gasteiger partial charge in [-0.3, -0.25) is 4.68 Å². The minimum Gasteiger partial charge on any atom is -0.252 e. The first-order valence-electron chi connectivity index (χ1n) is 6.33. The number of hydrogen-bond acceptors (Lipinski definition) is 2. The minimum absolute atomic E-state index is 0.434. The number of hydrogen-bond donors (Lipinski definition) is 0. The SMILES string of the molecule is CC(C)CC(Cn1cncn1)c1ccc(Br)cc1Br. The molecule has 0 N–H and O–H groups in total. The van der Waals surface area contributed by atoms with E-state index in [0.29, 0.717) is 11.8 Å². The van der Waals surface area contributed by atoms with Crippen molar-refractivity contribution in [2.24, 2.45) is 5.92 Å². The second-order valence-electron chi connectivity index (χ2n) is 5.11. The summed E-state index contributed by atoms with van der Waals surface area (Å²) < 4.78 is 4.14. The van der Waals surface area contributed by atoms with E-state index in [-0.39, 0.29) is 0 Å². The molecule has 0 saturated heterocycles. The summed E-state index contributed by atoms with van der Waals surface area (Å²) in [4.78, 5) is 4.02. The highest BCUT2D eigenvalue weighted by atomic mass is 79.9. The van der Waals surface area contributed by atoms with Crippen molar-refractivity contribution in [2.75, 3.05) is 0 Å². The molecule has 0 fully saturated rings. The van der Waals surface area contributed by atoms with E-state index < -0.39 is 0 Å². The smallest absolute Gasteiger partial charge is 0.137 e. The number of halogens is 2. The molecule has 0 spiro atoms. The highest BCUT2D eigenvalue weighted by Crippen LogP contribution is 2.32. The molecule has 19 heavy (non-hydrogen) atoms. The van der Waals surface area contributed by atoms with Gasteiger partial charge in [0.25, 0.3) is 0 Å². The summed E-state index contributed by atoms with van der Waals surface area (Å²) in [5.74, 6) is 1.08. The molecule has 1 aromatic heterocycles. The molecule has 1 aromatic carbocycles. The summed E-state index contributed by atoms with van der Waals surface area (Å²) in [5, 5.41) is 4.22. The van der Waals surface area contributed by atoms with Gasteiger partial charge in [0, 0.05) is 21.4 Å². The fourth-order valence-electron chi connectivity index (χ4n) is 2.25. The second-order valence-corrected chi connectivity index (χ2v) is 6.88. The first kappa shape index (κ1) is 14.7. The van der Waals surface area contributed by atoms with Gasteiger partial charge in [0.2, 0.25) is 0 Å². The van der Waals surface area contributed by atoms with E-state index in [4.69, 9.17) is 0 Å². The third-order valence-corrected chi connectivity index (χ3v) is 4.21. The van der Waals surface area contributed by atoms with Crippen molar-refractivity contribution in [3.63, 3.8) is 0 Å². The molecule has 2 aromatic rings. The van der Waals surface area contributed by atoms with Crippen molar-refractivity contribution in [2.45, 2.75) is 32.7 Å². The topological polar surface area (TPSA) is 30.7 Å². The molecule has 0 aliphatic carbocycles. The molecule has 0 bridgehead atoms. The van der Waals surface area contributed by atoms with Gasteiger partial charge in [-0.25, -0.2) is 4.98 Å². The molecule has 1 atom stereocenters. The maximum atomic E-state index is 4.22. The predicted molar refractivity (Wildman–Crippen MR) is 84.1 cm³/mol. The van der Waals surface area contributed by atoms with E-state index >= 15 is 0 Å². The Kier molecular flexibility index (Phi) is 5.16. The van der Waals surface area contributed by atoms with Crippen LogP contribution in [0.3, 0.4) is 0 Å². The van der Waals surface area contributed by atoms with E-state index in [2.05, 4.69) is 74.0 Å². The van der Waals surface area contributed by atoms with Gasteiger partial charge >= 0.3 is 0 Å². The largest absolute Gasteiger partial charge is 0.252 e. The third-order valence-electron chi connectivity index (χ3n) is 3.03. The van der Waals surface area contributed by atoms with Gasteiger partial charge in [-0.2, -0.15) is 5.10 Å². The lowest BCUT2D eigenvalue weighted by atomic mass is 9.90. The van der Waals surface area contributed by atoms with Crippen LogP contribution >= 0.6 is 31.9 Å². The van der Waals surface area contributed by atoms with E-state index in [9.17, 15) is 0 Å². The Morgan fingerprint density at radius 2 is 2.05 bits per heavy atom. The molecule has 0 radical (unpaired) electrons. The molecule has 102 valence electrons. The zero-order valence-corrected chi connectivity index (χ0v) is 14.2. The fraction of sp³-hybridized carbons (Fsp3) is 0.429. The molecule has 0 aliphatic heterocycles. The van der Waals surface area contributed by atoms with Crippen molar-refractivity contribution >= 4 is 31.9 Å². The van der Waals surface area contributed by atoms with Crippen LogP contribution in [0, 0.1) is 5.92 Å². The summed E-state index contributed by atoms with van der Waals surface area (Å²) in [6.07, 6.45) is 4.49. The zero-order chi connectivity index (χ0) is 13.8. The van der Waals surface area contributed by atoms with Crippen molar-refractivity contribution in [1.29, 1.82) is 0 Å². The van der Waals surface area contributed by atoms with Gasteiger partial charge in [0.1, 0.15) is 12.7 Å². The average Bonchev–Trinajstić information content (AvgIpc) is 2.80. The van der Waals surface area contributed by atoms with Crippen LogP contribution in [-0.2, 0) is 6.54 Å². The molecule has 0 aliphatic rings. The summed E-state index contributed by atoms with van der Waals surface area (Å²) in [7, 11) is 0. The molecule has 1 heterocycles. The van der Waals surface area contributed by atoms with Crippen molar-refractivity contribution in [3.05, 3.63) is 45.4 Å². The lowest BCUT2D eigenvalue weighted by Crippen LogP contribution is -2.12. The fourth-order valence-corrected chi connectivity index (χ4v) is 3.63. The molecule has 1 unspecified atom stereocenters. The highest BCUT2D eigenvalue weighted by Gasteiger charge is 2.17. The van der Waals surface area contributed by atoms with E-state index in [1.165, 1.54) is 5.56 Å². The minimum atomic E-state index is 0.434. The molecule has 0 amide bonds. The maximum absolute atomic E-state index is 4.22. The Morgan fingerprint density at radius 1 is 1.26 bits per heavy atom. The van der Waals surface area contributed by atoms with Gasteiger partial charge in [0.15, 0.2) is 0 Å². The quantitative estimate of drug-likeness (QED) is 0.749. The van der Waals surface area contributed by atoms with Gasteiger partial charge in [0.05, 0.1) is 0 Å². The van der Waals surface area contributed by atoms with Crippen LogP contribution in [0.5, 0.6) is 0 Å². The molecule has 3 nitrogen and oxygen atoms in total. The normalized spacial score (nSPS) is 12.9. The first-order valence-corrected chi connectivity index (χ1v) is 7.92. The lowest BCUT2D eigenvalue weighted by molar-refractivity contribution is 0.429. The van der Waals surface area contributed by atoms with Crippen LogP contribution in [-0.4, -0.2) is 14.8 Å². The number of nitrogens with zero attached hydrogens (tertiary/aromatic N) is 3. The summed E-state index contributed by atoms with van der Waals surface area (Å²) in [6, 6.07) is 6.37. The zero-order valence-electron chi connectivity index (χ0n) is 11.1. The van der Waals surface area contributed by atoms with Crippen molar-refractivity contribution < 1.29 is 0 Å². The molecular weight excluding hydrogens is 370 g/mol. The van der Waals surface area contributed by atoms with Crippen LogP contribution in [0.15, 0.2) is 39.8 Å². The van der Waals surface area contributed by atoms with Crippen molar-refractivity contribution in [3.8, 4) is 0 Å². The Balaban J connectivity index is 2.25. The Bertz CT molecular complexity index is 523. The third kappa shape index (κ3) is 4.14. The van der Waals surface area contributed by atoms with E-state index in [1.807, 2.05) is 4.68 Å². The van der Waals surface area contributed by atoms with Crippen LogP contribution in [0.25, 0.3) is 0 Å². The Hall–Kier alpha value is -0.680. The summed E-state index contributed by atoms with van der Waals surface area (Å²) in [5.41, 5.74) is 1.33. The van der Waals surface area contributed by atoms with Gasteiger partial charge in [-0.15, -0.1) is 0 Å².